The van der Waals surface area contributed by atoms with E-state index in [1.54, 1.807) is 32.0 Å². The van der Waals surface area contributed by atoms with Crippen molar-refractivity contribution in [3.63, 3.8) is 0 Å². The SMILES string of the molecule is C=C(C)/C=C(\C(=C/C)C(C)=O)c1cc(C)ncc1OC.C=C(C)SC1=C(C)CC(C2=CCOCC2)=NC=C1C.CC. The van der Waals surface area contributed by atoms with Gasteiger partial charge in [0.25, 0.3) is 0 Å². The van der Waals surface area contributed by atoms with E-state index in [4.69, 9.17) is 9.47 Å². The van der Waals surface area contributed by atoms with Crippen molar-refractivity contribution in [3.05, 3.63) is 98.8 Å². The quantitative estimate of drug-likeness (QED) is 0.228. The smallest absolute Gasteiger partial charge is 0.160 e. The maximum Gasteiger partial charge on any atom is 0.160 e. The number of hydrogen-bond donors (Lipinski definition) is 0. The van der Waals surface area contributed by atoms with Gasteiger partial charge in [0.1, 0.15) is 5.75 Å². The van der Waals surface area contributed by atoms with Crippen LogP contribution in [0.5, 0.6) is 5.75 Å². The standard InChI is InChI=1S/C17H21NO2.C16H21NOS.C2H6/c1-7-14(13(5)19)15(8-11(2)3)16-9-12(4)18-10-17(16)20-6;1-11(2)19-16-12(3)9-15(17-10-13(16)4)14-5-7-18-8-6-14;1-2/h7-10H,2H2,1,3-6H3;5,10H,1,6-9H2,2-4H3;1-2H3/b14-7-,15-8+;;. The number of aliphatic imine (C=N–C) groups is 1. The van der Waals surface area contributed by atoms with Crippen LogP contribution in [0.4, 0.5) is 0 Å². The van der Waals surface area contributed by atoms with Gasteiger partial charge in [-0.1, -0.05) is 68.1 Å². The lowest BCUT2D eigenvalue weighted by Gasteiger charge is -2.16. The number of aromatic nitrogens is 1. The molecule has 3 heterocycles. The number of rotatable bonds is 8. The number of thioether (sulfide) groups is 1. The lowest BCUT2D eigenvalue weighted by molar-refractivity contribution is -0.113. The van der Waals surface area contributed by atoms with E-state index < -0.39 is 0 Å². The Morgan fingerprint density at radius 3 is 2.34 bits per heavy atom. The van der Waals surface area contributed by atoms with Crippen LogP contribution in [0.25, 0.3) is 5.57 Å². The molecule has 1 aromatic heterocycles. The second kappa shape index (κ2) is 18.3. The van der Waals surface area contributed by atoms with Crippen LogP contribution in [0.3, 0.4) is 0 Å². The minimum absolute atomic E-state index is 0.0107. The van der Waals surface area contributed by atoms with Crippen LogP contribution in [0.1, 0.15) is 79.5 Å². The van der Waals surface area contributed by atoms with Gasteiger partial charge in [-0.05, 0) is 82.6 Å². The molecular formula is C35H48N2O3S. The lowest BCUT2D eigenvalue weighted by Crippen LogP contribution is -2.12. The number of pyridine rings is 1. The van der Waals surface area contributed by atoms with Gasteiger partial charge in [-0.25, -0.2) is 0 Å². The van der Waals surface area contributed by atoms with Crippen molar-refractivity contribution >= 4 is 28.8 Å². The Balaban J connectivity index is 0.000000387. The molecule has 2 aliphatic heterocycles. The molecule has 0 amide bonds. The first-order valence-corrected chi connectivity index (χ1v) is 14.9. The highest BCUT2D eigenvalue weighted by Gasteiger charge is 2.18. The number of nitrogens with zero attached hydrogens (tertiary/aromatic N) is 2. The minimum Gasteiger partial charge on any atom is -0.494 e. The molecule has 5 nitrogen and oxygen atoms in total. The topological polar surface area (TPSA) is 60.8 Å². The molecule has 0 fully saturated rings. The number of carbonyl (C=O) groups is 1. The van der Waals surface area contributed by atoms with E-state index in [0.29, 0.717) is 17.9 Å². The number of methoxy groups -OCH3 is 1. The number of allylic oxidation sites excluding steroid dienone is 8. The third kappa shape index (κ3) is 11.3. The van der Waals surface area contributed by atoms with Gasteiger partial charge in [0.05, 0.1) is 26.5 Å². The third-order valence-electron chi connectivity index (χ3n) is 6.07. The molecule has 0 aromatic carbocycles. The third-order valence-corrected chi connectivity index (χ3v) is 7.29. The van der Waals surface area contributed by atoms with Crippen LogP contribution in [-0.2, 0) is 9.53 Å². The average molecular weight is 577 g/mol. The first-order chi connectivity index (χ1) is 19.5. The van der Waals surface area contributed by atoms with Crippen molar-refractivity contribution in [1.29, 1.82) is 0 Å². The zero-order chi connectivity index (χ0) is 31.1. The van der Waals surface area contributed by atoms with Crippen LogP contribution in [0, 0.1) is 6.92 Å². The first-order valence-electron chi connectivity index (χ1n) is 14.1. The lowest BCUT2D eigenvalue weighted by atomic mass is 9.93. The van der Waals surface area contributed by atoms with Crippen molar-refractivity contribution in [3.8, 4) is 5.75 Å². The van der Waals surface area contributed by atoms with Gasteiger partial charge in [0.2, 0.25) is 0 Å². The Kier molecular flexibility index (Phi) is 15.9. The molecule has 0 spiro atoms. The molecular weight excluding hydrogens is 528 g/mol. The van der Waals surface area contributed by atoms with E-state index in [0.717, 1.165) is 46.8 Å². The minimum atomic E-state index is 0.0107. The van der Waals surface area contributed by atoms with Crippen LogP contribution in [-0.4, -0.2) is 36.8 Å². The predicted octanol–water partition coefficient (Wildman–Crippen LogP) is 9.54. The summed E-state index contributed by atoms with van der Waals surface area (Å²) in [6.07, 6.45) is 11.4. The molecule has 222 valence electrons. The predicted molar refractivity (Wildman–Crippen MR) is 179 cm³/mol. The maximum atomic E-state index is 11.9. The highest BCUT2D eigenvalue weighted by molar-refractivity contribution is 8.06. The zero-order valence-electron chi connectivity index (χ0n) is 26.7. The molecule has 0 radical (unpaired) electrons. The van der Waals surface area contributed by atoms with E-state index >= 15 is 0 Å². The summed E-state index contributed by atoms with van der Waals surface area (Å²) < 4.78 is 10.7. The number of aryl methyl sites for hydroxylation is 1. The summed E-state index contributed by atoms with van der Waals surface area (Å²) in [4.78, 5) is 23.2. The monoisotopic (exact) mass is 576 g/mol. The molecule has 0 N–H and O–H groups in total. The highest BCUT2D eigenvalue weighted by atomic mass is 32.2. The van der Waals surface area contributed by atoms with E-state index in [1.165, 1.54) is 27.3 Å². The Morgan fingerprint density at radius 2 is 1.83 bits per heavy atom. The fourth-order valence-electron chi connectivity index (χ4n) is 4.29. The van der Waals surface area contributed by atoms with Crippen molar-refractivity contribution < 1.29 is 14.3 Å². The fraction of sp³-hybridized carbons (Fsp3) is 0.400. The molecule has 6 heteroatoms. The van der Waals surface area contributed by atoms with Gasteiger partial charge in [-0.15, -0.1) is 0 Å². The van der Waals surface area contributed by atoms with Crippen LogP contribution in [0.2, 0.25) is 0 Å². The second-order valence-corrected chi connectivity index (χ2v) is 11.0. The number of ketones is 1. The van der Waals surface area contributed by atoms with Crippen molar-refractivity contribution in [2.75, 3.05) is 20.3 Å². The normalized spacial score (nSPS) is 15.6. The molecule has 3 rings (SSSR count). The summed E-state index contributed by atoms with van der Waals surface area (Å²) in [6, 6.07) is 1.92. The van der Waals surface area contributed by atoms with E-state index in [2.05, 4.69) is 43.1 Å². The summed E-state index contributed by atoms with van der Waals surface area (Å²) in [6.45, 7) is 27.0. The summed E-state index contributed by atoms with van der Waals surface area (Å²) in [7, 11) is 1.59. The maximum absolute atomic E-state index is 11.9. The molecule has 0 aliphatic carbocycles. The van der Waals surface area contributed by atoms with E-state index in [9.17, 15) is 4.79 Å². The summed E-state index contributed by atoms with van der Waals surface area (Å²) in [5.41, 5.74) is 9.20. The Bertz CT molecular complexity index is 1310. The van der Waals surface area contributed by atoms with Crippen molar-refractivity contribution in [2.45, 2.75) is 75.2 Å². The largest absolute Gasteiger partial charge is 0.494 e. The van der Waals surface area contributed by atoms with Gasteiger partial charge in [-0.3, -0.25) is 14.8 Å². The van der Waals surface area contributed by atoms with Crippen LogP contribution in [0.15, 0.2) is 92.5 Å². The first kappa shape index (κ1) is 35.8. The number of hydrogen-bond acceptors (Lipinski definition) is 6. The van der Waals surface area contributed by atoms with Gasteiger partial charge < -0.3 is 9.47 Å². The van der Waals surface area contributed by atoms with E-state index in [1.807, 2.05) is 66.0 Å². The molecule has 0 saturated heterocycles. The summed E-state index contributed by atoms with van der Waals surface area (Å²) in [5.74, 6) is 0.653. The van der Waals surface area contributed by atoms with E-state index in [-0.39, 0.29) is 5.78 Å². The van der Waals surface area contributed by atoms with Gasteiger partial charge >= 0.3 is 0 Å². The Morgan fingerprint density at radius 1 is 1.15 bits per heavy atom. The second-order valence-electron chi connectivity index (χ2n) is 9.72. The van der Waals surface area contributed by atoms with Crippen LogP contribution < -0.4 is 4.74 Å². The Labute approximate surface area is 252 Å². The zero-order valence-corrected chi connectivity index (χ0v) is 27.6. The molecule has 1 aromatic rings. The number of Topliss-reactive ketones (excluding diaryl/α,β-unsaturated/α-hetero) is 1. The highest BCUT2D eigenvalue weighted by Crippen LogP contribution is 2.36. The summed E-state index contributed by atoms with van der Waals surface area (Å²) in [5, 5.41) is 0. The summed E-state index contributed by atoms with van der Waals surface area (Å²) >= 11 is 1.75. The molecule has 0 bridgehead atoms. The Hall–Kier alpha value is -3.22. The number of ether oxygens (including phenoxy) is 2. The van der Waals surface area contributed by atoms with Gasteiger partial charge in [0, 0.05) is 40.1 Å². The number of carbonyl (C=O) groups excluding carboxylic acids is 1. The van der Waals surface area contributed by atoms with Crippen molar-refractivity contribution in [1.82, 2.24) is 4.98 Å². The molecule has 0 unspecified atom stereocenters. The van der Waals surface area contributed by atoms with Gasteiger partial charge in [0.15, 0.2) is 5.78 Å². The molecule has 0 atom stereocenters. The molecule has 41 heavy (non-hydrogen) atoms. The fourth-order valence-corrected chi connectivity index (χ4v) is 5.10. The average Bonchev–Trinajstić information content (AvgIpc) is 3.08. The molecule has 0 saturated carbocycles. The molecule has 2 aliphatic rings. The van der Waals surface area contributed by atoms with Crippen LogP contribution >= 0.6 is 11.8 Å². The van der Waals surface area contributed by atoms with Crippen molar-refractivity contribution in [2.24, 2.45) is 4.99 Å². The van der Waals surface area contributed by atoms with Gasteiger partial charge in [-0.2, -0.15) is 0 Å².